The van der Waals surface area contributed by atoms with E-state index in [0.29, 0.717) is 0 Å². The van der Waals surface area contributed by atoms with E-state index in [9.17, 15) is 14.9 Å². The van der Waals surface area contributed by atoms with E-state index in [-0.39, 0.29) is 5.91 Å². The molecular formula is C17H16N2O3. The van der Waals surface area contributed by atoms with Crippen LogP contribution in [-0.4, -0.2) is 24.4 Å². The zero-order valence-electron chi connectivity index (χ0n) is 12.4. The molecule has 1 heterocycles. The fourth-order valence-corrected chi connectivity index (χ4v) is 3.09. The molecule has 0 N–H and O–H groups in total. The van der Waals surface area contributed by atoms with Gasteiger partial charge < -0.3 is 4.90 Å². The van der Waals surface area contributed by atoms with Gasteiger partial charge in [0.15, 0.2) is 0 Å². The van der Waals surface area contributed by atoms with Crippen LogP contribution in [0, 0.1) is 10.1 Å². The summed E-state index contributed by atoms with van der Waals surface area (Å²) < 4.78 is 0. The van der Waals surface area contributed by atoms with Gasteiger partial charge in [-0.1, -0.05) is 36.4 Å². The minimum absolute atomic E-state index is 0.232. The average Bonchev–Trinajstić information content (AvgIpc) is 2.69. The molecule has 1 amide bonds. The van der Waals surface area contributed by atoms with Crippen molar-refractivity contribution in [2.24, 2.45) is 0 Å². The summed E-state index contributed by atoms with van der Waals surface area (Å²) >= 11 is 0. The Balaban J connectivity index is 2.15. The number of hydrogen-bond donors (Lipinski definition) is 0. The predicted molar refractivity (Wildman–Crippen MR) is 84.5 cm³/mol. The van der Waals surface area contributed by atoms with Crippen LogP contribution in [0.5, 0.6) is 0 Å². The maximum Gasteiger partial charge on any atom is 0.243 e. The van der Waals surface area contributed by atoms with Crippen LogP contribution in [0.4, 0.5) is 5.69 Å². The number of amides is 1. The third-order valence-corrected chi connectivity index (χ3v) is 4.28. The van der Waals surface area contributed by atoms with Crippen LogP contribution >= 0.6 is 0 Å². The molecule has 112 valence electrons. The number of carbonyl (C=O) groups excluding carboxylic acids is 1. The number of carbonyl (C=O) groups is 1. The molecule has 5 nitrogen and oxygen atoms in total. The second-order valence-corrected chi connectivity index (χ2v) is 5.79. The Bertz CT molecular complexity index is 758. The molecule has 0 saturated heterocycles. The van der Waals surface area contributed by atoms with Gasteiger partial charge in [-0.2, -0.15) is 0 Å². The molecule has 0 unspecified atom stereocenters. The lowest BCUT2D eigenvalue weighted by molar-refractivity contribution is -0.487. The Labute approximate surface area is 128 Å². The predicted octanol–water partition coefficient (Wildman–Crippen LogP) is 2.86. The molecule has 0 saturated carbocycles. The summed E-state index contributed by atoms with van der Waals surface area (Å²) in [5.74, 6) is -0.232. The Hall–Kier alpha value is -2.69. The number of hydrogen-bond acceptors (Lipinski definition) is 3. The van der Waals surface area contributed by atoms with E-state index in [1.165, 1.54) is 4.90 Å². The fourth-order valence-electron chi connectivity index (χ4n) is 3.09. The Morgan fingerprint density at radius 3 is 2.45 bits per heavy atom. The highest BCUT2D eigenvalue weighted by Crippen LogP contribution is 2.43. The first-order chi connectivity index (χ1) is 10.4. The monoisotopic (exact) mass is 296 g/mol. The highest BCUT2D eigenvalue weighted by molar-refractivity contribution is 6.08. The minimum Gasteiger partial charge on any atom is -0.314 e. The normalized spacial score (nSPS) is 20.1. The van der Waals surface area contributed by atoms with Crippen LogP contribution in [0.2, 0.25) is 0 Å². The molecule has 1 aliphatic rings. The molecule has 22 heavy (non-hydrogen) atoms. The third-order valence-electron chi connectivity index (χ3n) is 4.28. The van der Waals surface area contributed by atoms with Crippen molar-refractivity contribution in [1.82, 2.24) is 0 Å². The zero-order valence-corrected chi connectivity index (χ0v) is 12.4. The molecule has 0 aromatic heterocycles. The maximum atomic E-state index is 12.5. The van der Waals surface area contributed by atoms with Crippen molar-refractivity contribution in [2.75, 3.05) is 18.5 Å². The SMILES string of the molecule is CN1C(=O)[C@](C)(C[N+](=O)[O-])c2cc(-c3ccccc3)ccc21. The van der Waals surface area contributed by atoms with E-state index < -0.39 is 16.9 Å². The van der Waals surface area contributed by atoms with Crippen molar-refractivity contribution in [3.05, 3.63) is 64.2 Å². The van der Waals surface area contributed by atoms with Gasteiger partial charge in [0, 0.05) is 17.7 Å². The first kappa shape index (κ1) is 14.3. The zero-order chi connectivity index (χ0) is 15.9. The molecule has 5 heteroatoms. The molecule has 0 radical (unpaired) electrons. The van der Waals surface area contributed by atoms with Gasteiger partial charge in [-0.15, -0.1) is 0 Å². The molecule has 1 atom stereocenters. The molecule has 2 aromatic carbocycles. The second kappa shape index (κ2) is 4.94. The molecule has 0 bridgehead atoms. The summed E-state index contributed by atoms with van der Waals surface area (Å²) in [7, 11) is 1.66. The van der Waals surface area contributed by atoms with E-state index in [0.717, 1.165) is 22.4 Å². The van der Waals surface area contributed by atoms with Crippen LogP contribution in [0.1, 0.15) is 12.5 Å². The Kier molecular flexibility index (Phi) is 3.20. The quantitative estimate of drug-likeness (QED) is 0.646. The van der Waals surface area contributed by atoms with Crippen LogP contribution in [0.15, 0.2) is 48.5 Å². The van der Waals surface area contributed by atoms with Crippen molar-refractivity contribution < 1.29 is 9.72 Å². The minimum atomic E-state index is -1.11. The summed E-state index contributed by atoms with van der Waals surface area (Å²) in [6, 6.07) is 15.5. The van der Waals surface area contributed by atoms with Gasteiger partial charge >= 0.3 is 0 Å². The number of rotatable bonds is 3. The van der Waals surface area contributed by atoms with E-state index >= 15 is 0 Å². The first-order valence-electron chi connectivity index (χ1n) is 7.03. The highest BCUT2D eigenvalue weighted by atomic mass is 16.6. The molecule has 1 aliphatic heterocycles. The van der Waals surface area contributed by atoms with Crippen LogP contribution in [-0.2, 0) is 10.2 Å². The number of nitrogens with zero attached hydrogens (tertiary/aromatic N) is 2. The van der Waals surface area contributed by atoms with Crippen molar-refractivity contribution in [3.63, 3.8) is 0 Å². The Morgan fingerprint density at radius 1 is 1.14 bits per heavy atom. The summed E-state index contributed by atoms with van der Waals surface area (Å²) in [5, 5.41) is 11.0. The van der Waals surface area contributed by atoms with Gasteiger partial charge in [0.2, 0.25) is 12.5 Å². The van der Waals surface area contributed by atoms with E-state index in [1.54, 1.807) is 14.0 Å². The molecule has 0 aliphatic carbocycles. The van der Waals surface area contributed by atoms with Crippen LogP contribution < -0.4 is 4.90 Å². The van der Waals surface area contributed by atoms with Gasteiger partial charge in [-0.05, 0) is 35.7 Å². The summed E-state index contributed by atoms with van der Waals surface area (Å²) in [5.41, 5.74) is 2.33. The van der Waals surface area contributed by atoms with E-state index in [2.05, 4.69) is 0 Å². The third kappa shape index (κ3) is 2.06. The maximum absolute atomic E-state index is 12.5. The number of likely N-dealkylation sites (N-methyl/N-ethyl adjacent to an activating group) is 1. The number of benzene rings is 2. The molecule has 2 aromatic rings. The summed E-state index contributed by atoms with van der Waals surface area (Å²) in [4.78, 5) is 24.6. The molecule has 0 spiro atoms. The second-order valence-electron chi connectivity index (χ2n) is 5.79. The van der Waals surface area contributed by atoms with Crippen LogP contribution in [0.3, 0.4) is 0 Å². The smallest absolute Gasteiger partial charge is 0.243 e. The standard InChI is InChI=1S/C17H16N2O3/c1-17(11-19(21)22)14-10-13(12-6-4-3-5-7-12)8-9-15(14)18(2)16(17)20/h3-10H,11H2,1-2H3/t17-/m1/s1. The highest BCUT2D eigenvalue weighted by Gasteiger charge is 2.49. The van der Waals surface area contributed by atoms with Crippen molar-refractivity contribution in [2.45, 2.75) is 12.3 Å². The molecule has 0 fully saturated rings. The number of anilines is 1. The van der Waals surface area contributed by atoms with Crippen molar-refractivity contribution in [3.8, 4) is 11.1 Å². The number of nitro groups is 1. The first-order valence-corrected chi connectivity index (χ1v) is 7.03. The lowest BCUT2D eigenvalue weighted by atomic mass is 9.82. The van der Waals surface area contributed by atoms with Crippen molar-refractivity contribution in [1.29, 1.82) is 0 Å². The lowest BCUT2D eigenvalue weighted by Crippen LogP contribution is -2.41. The number of fused-ring (bicyclic) bond motifs is 1. The molecular weight excluding hydrogens is 280 g/mol. The summed E-state index contributed by atoms with van der Waals surface area (Å²) in [6.45, 7) is 1.25. The molecule has 3 rings (SSSR count). The van der Waals surface area contributed by atoms with Gasteiger partial charge in [0.25, 0.3) is 0 Å². The van der Waals surface area contributed by atoms with Gasteiger partial charge in [0.05, 0.1) is 0 Å². The average molecular weight is 296 g/mol. The van der Waals surface area contributed by atoms with Gasteiger partial charge in [0.1, 0.15) is 5.41 Å². The fraction of sp³-hybridized carbons (Fsp3) is 0.235. The largest absolute Gasteiger partial charge is 0.314 e. The van der Waals surface area contributed by atoms with E-state index in [4.69, 9.17) is 0 Å². The Morgan fingerprint density at radius 2 is 1.82 bits per heavy atom. The lowest BCUT2D eigenvalue weighted by Gasteiger charge is -2.18. The topological polar surface area (TPSA) is 63.5 Å². The van der Waals surface area contributed by atoms with Gasteiger partial charge in [-0.25, -0.2) is 0 Å². The van der Waals surface area contributed by atoms with E-state index in [1.807, 2.05) is 48.5 Å². The van der Waals surface area contributed by atoms with Crippen molar-refractivity contribution >= 4 is 11.6 Å². The van der Waals surface area contributed by atoms with Crippen LogP contribution in [0.25, 0.3) is 11.1 Å². The summed E-state index contributed by atoms with van der Waals surface area (Å²) in [6.07, 6.45) is 0. The van der Waals surface area contributed by atoms with Gasteiger partial charge in [-0.3, -0.25) is 14.9 Å².